The minimum absolute atomic E-state index is 0.323. The SMILES string of the molecule is CSC1(CN=C2NC(C(C)(C)C)CCS2)CCCCC1. The third-order valence-electron chi connectivity index (χ3n) is 4.70. The van der Waals surface area contributed by atoms with Crippen LogP contribution in [0.25, 0.3) is 0 Å². The van der Waals surface area contributed by atoms with Crippen LogP contribution in [-0.2, 0) is 0 Å². The van der Waals surface area contributed by atoms with E-state index in [-0.39, 0.29) is 0 Å². The van der Waals surface area contributed by atoms with Gasteiger partial charge in [-0.15, -0.1) is 0 Å². The van der Waals surface area contributed by atoms with Crippen molar-refractivity contribution in [3.8, 4) is 0 Å². The van der Waals surface area contributed by atoms with Gasteiger partial charge in [-0.25, -0.2) is 0 Å². The van der Waals surface area contributed by atoms with E-state index in [2.05, 4.69) is 32.3 Å². The fraction of sp³-hybridized carbons (Fsp3) is 0.938. The number of thioether (sulfide) groups is 2. The second kappa shape index (κ2) is 6.95. The van der Waals surface area contributed by atoms with Crippen molar-refractivity contribution in [1.82, 2.24) is 5.32 Å². The maximum Gasteiger partial charge on any atom is 0.156 e. The molecule has 2 nitrogen and oxygen atoms in total. The van der Waals surface area contributed by atoms with E-state index in [0.29, 0.717) is 16.2 Å². The Labute approximate surface area is 133 Å². The van der Waals surface area contributed by atoms with Crippen LogP contribution in [0.2, 0.25) is 0 Å². The zero-order valence-electron chi connectivity index (χ0n) is 13.5. The van der Waals surface area contributed by atoms with Crippen molar-refractivity contribution >= 4 is 28.7 Å². The molecule has 1 heterocycles. The normalized spacial score (nSPS) is 29.2. The summed E-state index contributed by atoms with van der Waals surface area (Å²) in [7, 11) is 0. The maximum atomic E-state index is 4.96. The molecule has 0 aromatic carbocycles. The van der Waals surface area contributed by atoms with E-state index in [1.54, 1.807) is 0 Å². The quantitative estimate of drug-likeness (QED) is 0.827. The first-order valence-corrected chi connectivity index (χ1v) is 10.2. The first-order valence-electron chi connectivity index (χ1n) is 7.94. The molecule has 0 aromatic rings. The monoisotopic (exact) mass is 314 g/mol. The van der Waals surface area contributed by atoms with Crippen LogP contribution >= 0.6 is 23.5 Å². The van der Waals surface area contributed by atoms with Crippen LogP contribution in [-0.4, -0.2) is 34.5 Å². The number of hydrogen-bond acceptors (Lipinski definition) is 3. The zero-order chi connectivity index (χ0) is 14.6. The summed E-state index contributed by atoms with van der Waals surface area (Å²) >= 11 is 3.95. The van der Waals surface area contributed by atoms with Crippen LogP contribution in [0, 0.1) is 5.41 Å². The highest BCUT2D eigenvalue weighted by Crippen LogP contribution is 2.39. The van der Waals surface area contributed by atoms with Gasteiger partial charge in [-0.05, 0) is 30.9 Å². The first-order chi connectivity index (χ1) is 9.45. The van der Waals surface area contributed by atoms with Gasteiger partial charge in [0, 0.05) is 16.5 Å². The van der Waals surface area contributed by atoms with E-state index in [1.807, 2.05) is 23.5 Å². The van der Waals surface area contributed by atoms with Crippen LogP contribution < -0.4 is 5.32 Å². The highest BCUT2D eigenvalue weighted by Gasteiger charge is 2.32. The van der Waals surface area contributed by atoms with Crippen molar-refractivity contribution < 1.29 is 0 Å². The average Bonchev–Trinajstić information content (AvgIpc) is 2.46. The Balaban J connectivity index is 1.96. The maximum absolute atomic E-state index is 4.96. The smallest absolute Gasteiger partial charge is 0.156 e. The van der Waals surface area contributed by atoms with E-state index in [0.717, 1.165) is 6.54 Å². The van der Waals surface area contributed by atoms with Crippen LogP contribution in [0.3, 0.4) is 0 Å². The third-order valence-corrected chi connectivity index (χ3v) is 7.06. The van der Waals surface area contributed by atoms with Gasteiger partial charge in [-0.2, -0.15) is 11.8 Å². The molecule has 1 N–H and O–H groups in total. The van der Waals surface area contributed by atoms with Crippen molar-refractivity contribution in [2.24, 2.45) is 10.4 Å². The minimum Gasteiger partial charge on any atom is -0.362 e. The summed E-state index contributed by atoms with van der Waals surface area (Å²) in [5, 5.41) is 4.87. The number of hydrogen-bond donors (Lipinski definition) is 1. The summed E-state index contributed by atoms with van der Waals surface area (Å²) in [5.41, 5.74) is 0.323. The Kier molecular flexibility index (Phi) is 5.75. The van der Waals surface area contributed by atoms with Crippen molar-refractivity contribution in [3.05, 3.63) is 0 Å². The van der Waals surface area contributed by atoms with Crippen LogP contribution in [0.15, 0.2) is 4.99 Å². The van der Waals surface area contributed by atoms with E-state index >= 15 is 0 Å². The Bertz CT molecular complexity index is 341. The zero-order valence-corrected chi connectivity index (χ0v) is 15.1. The third kappa shape index (κ3) is 4.33. The topological polar surface area (TPSA) is 24.4 Å². The van der Waals surface area contributed by atoms with Gasteiger partial charge in [-0.1, -0.05) is 51.8 Å². The Morgan fingerprint density at radius 2 is 2.00 bits per heavy atom. The van der Waals surface area contributed by atoms with Gasteiger partial charge in [0.1, 0.15) is 0 Å². The number of nitrogens with one attached hydrogen (secondary N) is 1. The van der Waals surface area contributed by atoms with Gasteiger partial charge < -0.3 is 5.32 Å². The highest BCUT2D eigenvalue weighted by molar-refractivity contribution is 8.13. The van der Waals surface area contributed by atoms with Crippen LogP contribution in [0.4, 0.5) is 0 Å². The Morgan fingerprint density at radius 1 is 1.30 bits per heavy atom. The molecular formula is C16H30N2S2. The summed E-state index contributed by atoms with van der Waals surface area (Å²) in [6.07, 6.45) is 10.4. The summed E-state index contributed by atoms with van der Waals surface area (Å²) in [5.74, 6) is 1.21. The fourth-order valence-electron chi connectivity index (χ4n) is 3.12. The predicted octanol–water partition coefficient (Wildman–Crippen LogP) is 4.55. The van der Waals surface area contributed by atoms with E-state index < -0.39 is 0 Å². The van der Waals surface area contributed by atoms with Gasteiger partial charge in [-0.3, -0.25) is 4.99 Å². The lowest BCUT2D eigenvalue weighted by atomic mass is 9.85. The molecule has 0 aromatic heterocycles. The molecule has 116 valence electrons. The fourth-order valence-corrected chi connectivity index (χ4v) is 4.93. The number of nitrogens with zero attached hydrogens (tertiary/aromatic N) is 1. The average molecular weight is 315 g/mol. The molecule has 2 rings (SSSR count). The summed E-state index contributed by atoms with van der Waals surface area (Å²) < 4.78 is 0.419. The molecule has 1 saturated heterocycles. The second-order valence-corrected chi connectivity index (χ2v) is 9.63. The highest BCUT2D eigenvalue weighted by atomic mass is 32.2. The molecule has 1 aliphatic heterocycles. The molecule has 0 radical (unpaired) electrons. The van der Waals surface area contributed by atoms with Gasteiger partial charge in [0.2, 0.25) is 0 Å². The molecule has 1 atom stereocenters. The number of aliphatic imine (C=N–C) groups is 1. The molecule has 0 amide bonds. The van der Waals surface area contributed by atoms with Gasteiger partial charge >= 0.3 is 0 Å². The van der Waals surface area contributed by atoms with Crippen molar-refractivity contribution in [2.45, 2.75) is 70.1 Å². The van der Waals surface area contributed by atoms with E-state index in [9.17, 15) is 0 Å². The standard InChI is InChI=1S/C16H30N2S2/c1-15(2,3)13-8-11-20-14(18-13)17-12-16(19-4)9-6-5-7-10-16/h13H,5-12H2,1-4H3,(H,17,18). The second-order valence-electron chi connectivity index (χ2n) is 7.27. The molecule has 20 heavy (non-hydrogen) atoms. The summed E-state index contributed by atoms with van der Waals surface area (Å²) in [6, 6.07) is 0.569. The largest absolute Gasteiger partial charge is 0.362 e. The molecule has 2 aliphatic rings. The van der Waals surface area contributed by atoms with Crippen molar-refractivity contribution in [3.63, 3.8) is 0 Å². The minimum atomic E-state index is 0.323. The van der Waals surface area contributed by atoms with Gasteiger partial charge in [0.15, 0.2) is 5.17 Å². The molecule has 2 fully saturated rings. The van der Waals surface area contributed by atoms with Crippen molar-refractivity contribution in [2.75, 3.05) is 18.6 Å². The summed E-state index contributed by atoms with van der Waals surface area (Å²) in [4.78, 5) is 4.96. The Hall–Kier alpha value is 0.170. The van der Waals surface area contributed by atoms with E-state index in [4.69, 9.17) is 4.99 Å². The molecule has 1 unspecified atom stereocenters. The summed E-state index contributed by atoms with van der Waals surface area (Å²) in [6.45, 7) is 7.97. The molecule has 0 spiro atoms. The van der Waals surface area contributed by atoms with Gasteiger partial charge in [0.25, 0.3) is 0 Å². The lowest BCUT2D eigenvalue weighted by molar-refractivity contribution is 0.290. The Morgan fingerprint density at radius 3 is 2.60 bits per heavy atom. The lowest BCUT2D eigenvalue weighted by Gasteiger charge is -2.37. The molecule has 1 aliphatic carbocycles. The van der Waals surface area contributed by atoms with E-state index in [1.165, 1.54) is 49.4 Å². The van der Waals surface area contributed by atoms with Crippen molar-refractivity contribution in [1.29, 1.82) is 0 Å². The number of rotatable bonds is 3. The molecule has 0 bridgehead atoms. The molecular weight excluding hydrogens is 284 g/mol. The number of amidine groups is 1. The first kappa shape index (κ1) is 16.5. The molecule has 1 saturated carbocycles. The molecule has 4 heteroatoms. The van der Waals surface area contributed by atoms with Crippen LogP contribution in [0.5, 0.6) is 0 Å². The lowest BCUT2D eigenvalue weighted by Crippen LogP contribution is -2.46. The predicted molar refractivity (Wildman–Crippen MR) is 95.1 cm³/mol. The van der Waals surface area contributed by atoms with Gasteiger partial charge in [0.05, 0.1) is 6.54 Å². The van der Waals surface area contributed by atoms with Crippen LogP contribution in [0.1, 0.15) is 59.3 Å².